The Kier molecular flexibility index (Phi) is 1.73. The van der Waals surface area contributed by atoms with Gasteiger partial charge in [0.2, 0.25) is 6.79 Å². The fraction of sp³-hybridized carbons (Fsp3) is 0.364. The van der Waals surface area contributed by atoms with E-state index in [1.165, 1.54) is 0 Å². The minimum atomic E-state index is -0.246. The molecule has 15 heavy (non-hydrogen) atoms. The molecule has 3 rings (SSSR count). The van der Waals surface area contributed by atoms with Gasteiger partial charge in [-0.25, -0.2) is 0 Å². The van der Waals surface area contributed by atoms with E-state index in [1.54, 1.807) is 6.07 Å². The number of fused-ring (bicyclic) bond motifs is 1. The highest BCUT2D eigenvalue weighted by Gasteiger charge is 2.33. The Labute approximate surface area is 86.7 Å². The zero-order valence-corrected chi connectivity index (χ0v) is 8.28. The predicted molar refractivity (Wildman–Crippen MR) is 51.4 cm³/mol. The third-order valence-corrected chi connectivity index (χ3v) is 2.61. The fourth-order valence-electron chi connectivity index (χ4n) is 1.68. The van der Waals surface area contributed by atoms with Crippen LogP contribution < -0.4 is 9.47 Å². The standard InChI is InChI=1S/C11H10O4/c1-6-2-8-9(15-5-14-8)3-7(6)11(12)10-4-13-10/h2-3,10H,4-5H2,1H3. The van der Waals surface area contributed by atoms with Crippen molar-refractivity contribution in [3.05, 3.63) is 23.3 Å². The van der Waals surface area contributed by atoms with E-state index in [0.29, 0.717) is 23.7 Å². The van der Waals surface area contributed by atoms with Gasteiger partial charge in [-0.05, 0) is 24.6 Å². The molecule has 0 aromatic heterocycles. The van der Waals surface area contributed by atoms with Crippen LogP contribution >= 0.6 is 0 Å². The Morgan fingerprint density at radius 3 is 2.67 bits per heavy atom. The minimum Gasteiger partial charge on any atom is -0.454 e. The van der Waals surface area contributed by atoms with Crippen molar-refractivity contribution in [2.75, 3.05) is 13.4 Å². The number of aryl methyl sites for hydroxylation is 1. The van der Waals surface area contributed by atoms with Crippen molar-refractivity contribution in [2.24, 2.45) is 0 Å². The first-order valence-corrected chi connectivity index (χ1v) is 4.82. The Morgan fingerprint density at radius 1 is 1.33 bits per heavy atom. The van der Waals surface area contributed by atoms with Gasteiger partial charge in [-0.1, -0.05) is 0 Å². The van der Waals surface area contributed by atoms with E-state index in [4.69, 9.17) is 14.2 Å². The van der Waals surface area contributed by atoms with Crippen molar-refractivity contribution in [1.82, 2.24) is 0 Å². The molecule has 1 saturated heterocycles. The molecular weight excluding hydrogens is 196 g/mol. The molecule has 2 heterocycles. The smallest absolute Gasteiger partial charge is 0.231 e. The third kappa shape index (κ3) is 1.37. The minimum absolute atomic E-state index is 0.0331. The summed E-state index contributed by atoms with van der Waals surface area (Å²) in [5.41, 5.74) is 1.57. The lowest BCUT2D eigenvalue weighted by molar-refractivity contribution is 0.0952. The van der Waals surface area contributed by atoms with E-state index in [1.807, 2.05) is 13.0 Å². The molecule has 0 bridgehead atoms. The van der Waals surface area contributed by atoms with Gasteiger partial charge in [-0.3, -0.25) is 4.79 Å². The second kappa shape index (κ2) is 2.97. The Balaban J connectivity index is 2.03. The van der Waals surface area contributed by atoms with Crippen LogP contribution in [0.3, 0.4) is 0 Å². The van der Waals surface area contributed by atoms with Crippen molar-refractivity contribution >= 4 is 5.78 Å². The molecular formula is C11H10O4. The summed E-state index contributed by atoms with van der Waals surface area (Å²) < 4.78 is 15.4. The van der Waals surface area contributed by atoms with Crippen LogP contribution in [0.1, 0.15) is 15.9 Å². The lowest BCUT2D eigenvalue weighted by Gasteiger charge is -2.04. The van der Waals surface area contributed by atoms with Gasteiger partial charge in [0.15, 0.2) is 17.3 Å². The average Bonchev–Trinajstić information content (AvgIpc) is 2.97. The van der Waals surface area contributed by atoms with E-state index < -0.39 is 0 Å². The summed E-state index contributed by atoms with van der Waals surface area (Å²) in [5, 5.41) is 0. The van der Waals surface area contributed by atoms with Gasteiger partial charge in [0.1, 0.15) is 6.10 Å². The second-order valence-electron chi connectivity index (χ2n) is 3.71. The normalized spacial score (nSPS) is 21.5. The topological polar surface area (TPSA) is 48.1 Å². The zero-order chi connectivity index (χ0) is 10.4. The second-order valence-corrected chi connectivity index (χ2v) is 3.71. The highest BCUT2D eigenvalue weighted by molar-refractivity contribution is 6.02. The van der Waals surface area contributed by atoms with Crippen molar-refractivity contribution in [3.8, 4) is 11.5 Å². The number of carbonyl (C=O) groups excluding carboxylic acids is 1. The molecule has 0 amide bonds. The molecule has 1 unspecified atom stereocenters. The van der Waals surface area contributed by atoms with Gasteiger partial charge in [-0.2, -0.15) is 0 Å². The number of Topliss-reactive ketones (excluding diaryl/α,β-unsaturated/α-hetero) is 1. The summed E-state index contributed by atoms with van der Waals surface area (Å²) in [7, 11) is 0. The van der Waals surface area contributed by atoms with Gasteiger partial charge >= 0.3 is 0 Å². The molecule has 0 radical (unpaired) electrons. The molecule has 0 saturated carbocycles. The summed E-state index contributed by atoms with van der Waals surface area (Å²) in [6, 6.07) is 3.57. The number of benzene rings is 1. The molecule has 1 atom stereocenters. The van der Waals surface area contributed by atoms with E-state index in [0.717, 1.165) is 5.56 Å². The highest BCUT2D eigenvalue weighted by atomic mass is 16.7. The van der Waals surface area contributed by atoms with E-state index >= 15 is 0 Å². The first-order valence-electron chi connectivity index (χ1n) is 4.82. The van der Waals surface area contributed by atoms with Gasteiger partial charge in [-0.15, -0.1) is 0 Å². The van der Waals surface area contributed by atoms with Gasteiger partial charge in [0.05, 0.1) is 6.61 Å². The predicted octanol–water partition coefficient (Wildman–Crippen LogP) is 1.31. The van der Waals surface area contributed by atoms with Crippen LogP contribution in [0.5, 0.6) is 11.5 Å². The maximum Gasteiger partial charge on any atom is 0.231 e. The average molecular weight is 206 g/mol. The van der Waals surface area contributed by atoms with E-state index in [-0.39, 0.29) is 18.7 Å². The Bertz CT molecular complexity index is 434. The number of ether oxygens (including phenoxy) is 3. The largest absolute Gasteiger partial charge is 0.454 e. The molecule has 1 aromatic rings. The van der Waals surface area contributed by atoms with Crippen LogP contribution in [0.2, 0.25) is 0 Å². The number of ketones is 1. The van der Waals surface area contributed by atoms with Crippen LogP contribution in [-0.4, -0.2) is 25.3 Å². The third-order valence-electron chi connectivity index (χ3n) is 2.61. The highest BCUT2D eigenvalue weighted by Crippen LogP contribution is 2.35. The molecule has 0 N–H and O–H groups in total. The molecule has 4 nitrogen and oxygen atoms in total. The molecule has 1 aromatic carbocycles. The number of rotatable bonds is 2. The van der Waals surface area contributed by atoms with Crippen LogP contribution in [0.4, 0.5) is 0 Å². The SMILES string of the molecule is Cc1cc2c(cc1C(=O)C1CO1)OCO2. The quantitative estimate of drug-likeness (QED) is 0.540. The van der Waals surface area contributed by atoms with Crippen molar-refractivity contribution in [3.63, 3.8) is 0 Å². The molecule has 78 valence electrons. The van der Waals surface area contributed by atoms with Gasteiger partial charge in [0, 0.05) is 5.56 Å². The maximum absolute atomic E-state index is 11.8. The Hall–Kier alpha value is -1.55. The fourth-order valence-corrected chi connectivity index (χ4v) is 1.68. The van der Waals surface area contributed by atoms with E-state index in [9.17, 15) is 4.79 Å². The molecule has 2 aliphatic heterocycles. The number of hydrogen-bond acceptors (Lipinski definition) is 4. The maximum atomic E-state index is 11.8. The molecule has 2 aliphatic rings. The lowest BCUT2D eigenvalue weighted by Crippen LogP contribution is -2.08. The van der Waals surface area contributed by atoms with Crippen molar-refractivity contribution in [1.29, 1.82) is 0 Å². The zero-order valence-electron chi connectivity index (χ0n) is 8.28. The monoisotopic (exact) mass is 206 g/mol. The summed E-state index contributed by atoms with van der Waals surface area (Å²) >= 11 is 0. The van der Waals surface area contributed by atoms with Gasteiger partial charge in [0.25, 0.3) is 0 Å². The van der Waals surface area contributed by atoms with Gasteiger partial charge < -0.3 is 14.2 Å². The van der Waals surface area contributed by atoms with E-state index in [2.05, 4.69) is 0 Å². The molecule has 4 heteroatoms. The molecule has 0 aliphatic carbocycles. The van der Waals surface area contributed by atoms with Crippen LogP contribution in [0, 0.1) is 6.92 Å². The van der Waals surface area contributed by atoms with Crippen molar-refractivity contribution in [2.45, 2.75) is 13.0 Å². The van der Waals surface area contributed by atoms with Crippen LogP contribution in [-0.2, 0) is 4.74 Å². The van der Waals surface area contributed by atoms with Crippen LogP contribution in [0.25, 0.3) is 0 Å². The molecule has 1 fully saturated rings. The summed E-state index contributed by atoms with van der Waals surface area (Å²) in [5.74, 6) is 1.39. The number of carbonyl (C=O) groups is 1. The molecule has 0 spiro atoms. The first-order chi connectivity index (χ1) is 7.25. The summed E-state index contributed by atoms with van der Waals surface area (Å²) in [6.07, 6.45) is -0.246. The Morgan fingerprint density at radius 2 is 2.00 bits per heavy atom. The van der Waals surface area contributed by atoms with Crippen LogP contribution in [0.15, 0.2) is 12.1 Å². The lowest BCUT2D eigenvalue weighted by atomic mass is 10.0. The van der Waals surface area contributed by atoms with Crippen molar-refractivity contribution < 1.29 is 19.0 Å². The summed E-state index contributed by atoms with van der Waals surface area (Å²) in [6.45, 7) is 2.65. The summed E-state index contributed by atoms with van der Waals surface area (Å²) in [4.78, 5) is 11.8. The number of epoxide rings is 1. The first kappa shape index (κ1) is 8.73. The number of hydrogen-bond donors (Lipinski definition) is 0.